The third kappa shape index (κ3) is 6.63. The minimum absolute atomic E-state index is 0.0186. The van der Waals surface area contributed by atoms with Gasteiger partial charge in [0, 0.05) is 59.6 Å². The van der Waals surface area contributed by atoms with Gasteiger partial charge in [-0.1, -0.05) is 84.4 Å². The summed E-state index contributed by atoms with van der Waals surface area (Å²) < 4.78 is 5.55. The molecule has 0 atom stereocenters. The first-order chi connectivity index (χ1) is 20.8. The molecule has 3 N–H and O–H groups in total. The van der Waals surface area contributed by atoms with E-state index >= 15 is 0 Å². The quantitative estimate of drug-likeness (QED) is 0.234. The molecule has 220 valence electrons. The molecule has 0 saturated carbocycles. The molecule has 0 unspecified atom stereocenters. The fourth-order valence-electron chi connectivity index (χ4n) is 4.65. The van der Waals surface area contributed by atoms with Crippen LogP contribution in [0, 0.1) is 0 Å². The van der Waals surface area contributed by atoms with Crippen LogP contribution in [-0.2, 0) is 0 Å². The Bertz CT molecular complexity index is 1680. The van der Waals surface area contributed by atoms with E-state index in [0.717, 1.165) is 0 Å². The van der Waals surface area contributed by atoms with E-state index in [4.69, 9.17) is 31.7 Å². The topological polar surface area (TPSA) is 138 Å². The summed E-state index contributed by atoms with van der Waals surface area (Å²) in [6, 6.07) is 23.6. The second kappa shape index (κ2) is 14.6. The second-order valence-electron chi connectivity index (χ2n) is 9.48. The van der Waals surface area contributed by atoms with Crippen molar-refractivity contribution in [1.82, 2.24) is 0 Å². The van der Waals surface area contributed by atoms with Gasteiger partial charge in [-0.3, -0.25) is 19.2 Å². The predicted molar refractivity (Wildman–Crippen MR) is 160 cm³/mol. The third-order valence-electron chi connectivity index (χ3n) is 6.69. The Kier molecular flexibility index (Phi) is 10.7. The van der Waals surface area contributed by atoms with Crippen molar-refractivity contribution in [3.63, 3.8) is 0 Å². The van der Waals surface area contributed by atoms with E-state index in [1.807, 2.05) is 0 Å². The van der Waals surface area contributed by atoms with Crippen LogP contribution in [0.1, 0.15) is 76.5 Å². The monoisotopic (exact) mass is 600 g/mol. The Morgan fingerprint density at radius 2 is 0.907 bits per heavy atom. The number of fused-ring (bicyclic) bond motifs is 4. The van der Waals surface area contributed by atoms with Gasteiger partial charge in [0.2, 0.25) is 0 Å². The van der Waals surface area contributed by atoms with Crippen molar-refractivity contribution in [3.8, 4) is 5.75 Å². The highest BCUT2D eigenvalue weighted by Gasteiger charge is 2.32. The summed E-state index contributed by atoms with van der Waals surface area (Å²) in [5.74, 6) is -0.278. The summed E-state index contributed by atoms with van der Waals surface area (Å²) in [5, 5.41) is 24.9. The Labute approximate surface area is 253 Å². The van der Waals surface area contributed by atoms with E-state index in [1.54, 1.807) is 84.9 Å². The number of hydrogen-bond acceptors (Lipinski definition) is 8. The SMILES string of the molecule is O=C1c2ccccc2C(=O)c2c(Cl)cccc21.O=C1c2ccccc2C(=O)c2c(OCCCO)cccc21.OCCCO. The van der Waals surface area contributed by atoms with Gasteiger partial charge in [0.05, 0.1) is 22.8 Å². The normalized spacial score (nSPS) is 12.5. The number of ketones is 4. The maximum Gasteiger partial charge on any atom is 0.198 e. The van der Waals surface area contributed by atoms with Gasteiger partial charge >= 0.3 is 0 Å². The zero-order valence-corrected chi connectivity index (χ0v) is 23.8. The molecule has 0 saturated heterocycles. The number of aliphatic hydroxyl groups is 3. The highest BCUT2D eigenvalue weighted by Crippen LogP contribution is 2.33. The Morgan fingerprint density at radius 1 is 0.488 bits per heavy atom. The molecule has 8 nitrogen and oxygen atoms in total. The van der Waals surface area contributed by atoms with Crippen molar-refractivity contribution in [1.29, 1.82) is 0 Å². The van der Waals surface area contributed by atoms with E-state index in [-0.39, 0.29) is 43.0 Å². The first-order valence-electron chi connectivity index (χ1n) is 13.6. The maximum absolute atomic E-state index is 12.6. The van der Waals surface area contributed by atoms with E-state index in [2.05, 4.69) is 0 Å². The molecule has 0 fully saturated rings. The van der Waals surface area contributed by atoms with Gasteiger partial charge in [0.25, 0.3) is 0 Å². The summed E-state index contributed by atoms with van der Waals surface area (Å²) in [6.45, 7) is 0.508. The van der Waals surface area contributed by atoms with Crippen molar-refractivity contribution in [3.05, 3.63) is 134 Å². The summed E-state index contributed by atoms with van der Waals surface area (Å²) in [5.41, 5.74) is 3.12. The van der Waals surface area contributed by atoms with E-state index < -0.39 is 0 Å². The van der Waals surface area contributed by atoms with E-state index in [9.17, 15) is 19.2 Å². The van der Waals surface area contributed by atoms with Gasteiger partial charge < -0.3 is 20.1 Å². The third-order valence-corrected chi connectivity index (χ3v) is 7.01. The molecule has 0 bridgehead atoms. The fraction of sp³-hybridized carbons (Fsp3) is 0.176. The number of ether oxygens (including phenoxy) is 1. The lowest BCUT2D eigenvalue weighted by Gasteiger charge is -2.20. The van der Waals surface area contributed by atoms with E-state index in [0.29, 0.717) is 74.7 Å². The number of hydrogen-bond donors (Lipinski definition) is 3. The Balaban J connectivity index is 0.000000173. The van der Waals surface area contributed by atoms with Gasteiger partial charge in [-0.05, 0) is 18.6 Å². The van der Waals surface area contributed by atoms with Gasteiger partial charge in [-0.25, -0.2) is 0 Å². The van der Waals surface area contributed by atoms with Crippen LogP contribution in [0.5, 0.6) is 5.75 Å². The molecule has 43 heavy (non-hydrogen) atoms. The Hall–Kier alpha value is -4.47. The lowest BCUT2D eigenvalue weighted by molar-refractivity contribution is 0.0975. The maximum atomic E-state index is 12.6. The number of carbonyl (C=O) groups excluding carboxylic acids is 4. The molecule has 0 aliphatic heterocycles. The molecule has 2 aliphatic rings. The molecule has 0 aromatic heterocycles. The van der Waals surface area contributed by atoms with Crippen LogP contribution in [0.25, 0.3) is 0 Å². The van der Waals surface area contributed by atoms with Crippen LogP contribution in [0.4, 0.5) is 0 Å². The fourth-order valence-corrected chi connectivity index (χ4v) is 4.91. The van der Waals surface area contributed by atoms with Crippen LogP contribution in [0.2, 0.25) is 5.02 Å². The summed E-state index contributed by atoms with van der Waals surface area (Å²) >= 11 is 6.00. The number of carbonyl (C=O) groups is 4. The summed E-state index contributed by atoms with van der Waals surface area (Å²) in [4.78, 5) is 49.5. The first kappa shape index (κ1) is 31.5. The van der Waals surface area contributed by atoms with Gasteiger partial charge in [0.15, 0.2) is 23.1 Å². The smallest absolute Gasteiger partial charge is 0.198 e. The molecule has 0 amide bonds. The van der Waals surface area contributed by atoms with Crippen LogP contribution >= 0.6 is 11.6 Å². The molecule has 4 aromatic rings. The minimum Gasteiger partial charge on any atom is -0.493 e. The standard InChI is InChI=1S/C17H14O4.C14H7ClO2.C3H8O2/c18-9-4-10-21-14-8-3-7-13-15(14)17(20)12-6-2-1-5-11(12)16(13)19;15-11-7-3-6-10-12(11)14(17)9-5-2-1-4-8(9)13(10)16;4-2-1-3-5/h1-3,5-8,18H,4,9-10H2;1-7H;4-5H,1-3H2. The molecule has 2 aliphatic carbocycles. The first-order valence-corrected chi connectivity index (χ1v) is 14.0. The summed E-state index contributed by atoms with van der Waals surface area (Å²) in [6.07, 6.45) is 0.975. The van der Waals surface area contributed by atoms with Crippen molar-refractivity contribution in [2.45, 2.75) is 12.8 Å². The highest BCUT2D eigenvalue weighted by molar-refractivity contribution is 6.39. The van der Waals surface area contributed by atoms with E-state index in [1.165, 1.54) is 0 Å². The van der Waals surface area contributed by atoms with Crippen molar-refractivity contribution < 1.29 is 39.2 Å². The van der Waals surface area contributed by atoms with Crippen molar-refractivity contribution in [2.24, 2.45) is 0 Å². The number of aliphatic hydroxyl groups excluding tert-OH is 3. The molecule has 0 radical (unpaired) electrons. The molecule has 0 spiro atoms. The molecule has 4 aromatic carbocycles. The number of rotatable bonds is 6. The molecule has 0 heterocycles. The van der Waals surface area contributed by atoms with Crippen LogP contribution < -0.4 is 4.74 Å². The van der Waals surface area contributed by atoms with Crippen LogP contribution in [0.15, 0.2) is 84.9 Å². The van der Waals surface area contributed by atoms with Crippen molar-refractivity contribution >= 4 is 34.7 Å². The zero-order valence-electron chi connectivity index (χ0n) is 23.1. The zero-order chi connectivity index (χ0) is 30.9. The van der Waals surface area contributed by atoms with Gasteiger partial charge in [-0.2, -0.15) is 0 Å². The predicted octanol–water partition coefficient (Wildman–Crippen LogP) is 4.70. The highest BCUT2D eigenvalue weighted by atomic mass is 35.5. The van der Waals surface area contributed by atoms with Crippen molar-refractivity contribution in [2.75, 3.05) is 26.4 Å². The largest absolute Gasteiger partial charge is 0.493 e. The molecular weight excluding hydrogens is 572 g/mol. The molecular formula is C34H29ClO8. The molecule has 6 rings (SSSR count). The Morgan fingerprint density at radius 3 is 1.40 bits per heavy atom. The minimum atomic E-state index is -0.195. The van der Waals surface area contributed by atoms with Crippen LogP contribution in [-0.4, -0.2) is 64.9 Å². The lowest BCUT2D eigenvalue weighted by Crippen LogP contribution is -2.21. The second-order valence-corrected chi connectivity index (χ2v) is 9.88. The molecule has 9 heteroatoms. The number of halogens is 1. The summed E-state index contributed by atoms with van der Waals surface area (Å²) in [7, 11) is 0. The average molecular weight is 601 g/mol. The average Bonchev–Trinajstić information content (AvgIpc) is 3.03. The lowest BCUT2D eigenvalue weighted by atomic mass is 9.83. The van der Waals surface area contributed by atoms with Crippen LogP contribution in [0.3, 0.4) is 0 Å². The van der Waals surface area contributed by atoms with Gasteiger partial charge in [-0.15, -0.1) is 0 Å². The van der Waals surface area contributed by atoms with Gasteiger partial charge in [0.1, 0.15) is 5.75 Å². The number of benzene rings is 4.